The van der Waals surface area contributed by atoms with Crippen LogP contribution in [0.1, 0.15) is 43.6 Å². The summed E-state index contributed by atoms with van der Waals surface area (Å²) in [4.78, 5) is 0. The van der Waals surface area contributed by atoms with Crippen LogP contribution >= 0.6 is 0 Å². The minimum Gasteiger partial charge on any atom is -0.361 e. The normalized spacial score (nSPS) is 24.0. The van der Waals surface area contributed by atoms with Crippen molar-refractivity contribution in [3.63, 3.8) is 0 Å². The molecule has 2 atom stereocenters. The maximum absolute atomic E-state index is 5.08. The average Bonchev–Trinajstić information content (AvgIpc) is 2.75. The average molecular weight is 194 g/mol. The molecule has 0 aromatic carbocycles. The van der Waals surface area contributed by atoms with Gasteiger partial charge in [0.1, 0.15) is 5.76 Å². The van der Waals surface area contributed by atoms with Crippen molar-refractivity contribution in [1.82, 2.24) is 10.5 Å². The molecule has 3 heteroatoms. The van der Waals surface area contributed by atoms with E-state index in [9.17, 15) is 0 Å². The van der Waals surface area contributed by atoms with Crippen LogP contribution in [0.3, 0.4) is 0 Å². The Morgan fingerprint density at radius 3 is 3.14 bits per heavy atom. The summed E-state index contributed by atoms with van der Waals surface area (Å²) < 4.78 is 5.08. The van der Waals surface area contributed by atoms with E-state index in [1.165, 1.54) is 25.8 Å². The van der Waals surface area contributed by atoms with Gasteiger partial charge in [0.2, 0.25) is 0 Å². The molecule has 0 bridgehead atoms. The molecule has 1 N–H and O–H groups in total. The van der Waals surface area contributed by atoms with Crippen LogP contribution < -0.4 is 5.32 Å². The van der Waals surface area contributed by atoms with Crippen LogP contribution in [-0.4, -0.2) is 17.7 Å². The van der Waals surface area contributed by atoms with Gasteiger partial charge in [-0.3, -0.25) is 0 Å². The number of nitrogens with one attached hydrogen (secondary N) is 1. The first-order chi connectivity index (χ1) is 6.75. The molecule has 0 saturated carbocycles. The molecule has 3 nitrogen and oxygen atoms in total. The van der Waals surface area contributed by atoms with Crippen molar-refractivity contribution in [3.05, 3.63) is 17.5 Å². The Hall–Kier alpha value is -0.830. The molecule has 0 aliphatic carbocycles. The predicted octanol–water partition coefficient (Wildman–Crippen LogP) is 2.23. The van der Waals surface area contributed by atoms with Crippen LogP contribution in [0.5, 0.6) is 0 Å². The summed E-state index contributed by atoms with van der Waals surface area (Å²) in [6.07, 6.45) is 3.79. The lowest BCUT2D eigenvalue weighted by Crippen LogP contribution is -2.23. The Morgan fingerprint density at radius 1 is 1.71 bits per heavy atom. The van der Waals surface area contributed by atoms with Gasteiger partial charge >= 0.3 is 0 Å². The van der Waals surface area contributed by atoms with Gasteiger partial charge in [0.25, 0.3) is 0 Å². The third-order valence-corrected chi connectivity index (χ3v) is 2.95. The fourth-order valence-corrected chi connectivity index (χ4v) is 2.12. The van der Waals surface area contributed by atoms with E-state index in [-0.39, 0.29) is 0 Å². The van der Waals surface area contributed by atoms with Crippen molar-refractivity contribution in [1.29, 1.82) is 0 Å². The first-order valence-electron chi connectivity index (χ1n) is 5.42. The van der Waals surface area contributed by atoms with Gasteiger partial charge in [-0.1, -0.05) is 12.1 Å². The molecule has 1 aromatic heterocycles. The highest BCUT2D eigenvalue weighted by atomic mass is 16.5. The minimum atomic E-state index is 0.503. The molecule has 78 valence electrons. The minimum absolute atomic E-state index is 0.503. The first-order valence-corrected chi connectivity index (χ1v) is 5.42. The van der Waals surface area contributed by atoms with Gasteiger partial charge < -0.3 is 9.84 Å². The fraction of sp³-hybridized carbons (Fsp3) is 0.727. The first kappa shape index (κ1) is 9.71. The van der Waals surface area contributed by atoms with E-state index in [2.05, 4.69) is 17.4 Å². The highest BCUT2D eigenvalue weighted by molar-refractivity contribution is 5.09. The number of rotatable bonds is 3. The van der Waals surface area contributed by atoms with Crippen LogP contribution in [-0.2, 0) is 0 Å². The zero-order valence-electron chi connectivity index (χ0n) is 8.92. The van der Waals surface area contributed by atoms with E-state index < -0.39 is 0 Å². The topological polar surface area (TPSA) is 38.1 Å². The summed E-state index contributed by atoms with van der Waals surface area (Å²) in [5, 5.41) is 7.56. The summed E-state index contributed by atoms with van der Waals surface area (Å²) in [5.41, 5.74) is 1.09. The van der Waals surface area contributed by atoms with Gasteiger partial charge in [-0.05, 0) is 32.7 Å². The zero-order chi connectivity index (χ0) is 9.97. The Balaban J connectivity index is 1.91. The number of aryl methyl sites for hydroxylation is 1. The summed E-state index contributed by atoms with van der Waals surface area (Å²) in [5.74, 6) is 1.41. The Labute approximate surface area is 84.9 Å². The second-order valence-electron chi connectivity index (χ2n) is 4.29. The molecule has 1 fully saturated rings. The predicted molar refractivity (Wildman–Crippen MR) is 55.3 cm³/mol. The molecule has 1 aliphatic rings. The maximum atomic E-state index is 5.08. The number of hydrogen-bond donors (Lipinski definition) is 1. The molecule has 2 unspecified atom stereocenters. The monoisotopic (exact) mass is 194 g/mol. The molecular weight excluding hydrogens is 176 g/mol. The van der Waals surface area contributed by atoms with E-state index in [1.54, 1.807) is 0 Å². The van der Waals surface area contributed by atoms with E-state index in [0.29, 0.717) is 12.0 Å². The van der Waals surface area contributed by atoms with Crippen LogP contribution in [0.4, 0.5) is 0 Å². The van der Waals surface area contributed by atoms with E-state index in [4.69, 9.17) is 4.52 Å². The van der Waals surface area contributed by atoms with Gasteiger partial charge in [-0.15, -0.1) is 0 Å². The van der Waals surface area contributed by atoms with Gasteiger partial charge in [0.05, 0.1) is 5.69 Å². The van der Waals surface area contributed by atoms with E-state index in [1.807, 2.05) is 13.0 Å². The molecule has 1 aromatic rings. The summed E-state index contributed by atoms with van der Waals surface area (Å²) in [6.45, 7) is 5.34. The van der Waals surface area contributed by atoms with Crippen molar-refractivity contribution >= 4 is 0 Å². The second kappa shape index (κ2) is 4.13. The van der Waals surface area contributed by atoms with Gasteiger partial charge in [-0.2, -0.15) is 0 Å². The zero-order valence-corrected chi connectivity index (χ0v) is 8.92. The van der Waals surface area contributed by atoms with Crippen LogP contribution in [0.2, 0.25) is 0 Å². The van der Waals surface area contributed by atoms with Crippen molar-refractivity contribution < 1.29 is 4.52 Å². The van der Waals surface area contributed by atoms with E-state index in [0.717, 1.165) is 11.5 Å². The number of nitrogens with zero attached hydrogens (tertiary/aromatic N) is 1. The maximum Gasteiger partial charge on any atom is 0.133 e. The standard InChI is InChI=1S/C11H18N2O/c1-8(6-10-4-3-5-12-10)11-7-9(2)14-13-11/h7-8,10,12H,3-6H2,1-2H3. The highest BCUT2D eigenvalue weighted by Gasteiger charge is 2.19. The number of aromatic nitrogens is 1. The molecule has 0 amide bonds. The molecule has 0 radical (unpaired) electrons. The summed E-state index contributed by atoms with van der Waals surface area (Å²) >= 11 is 0. The molecular formula is C11H18N2O. The quantitative estimate of drug-likeness (QED) is 0.801. The van der Waals surface area contributed by atoms with Crippen molar-refractivity contribution in [2.75, 3.05) is 6.54 Å². The third kappa shape index (κ3) is 2.15. The van der Waals surface area contributed by atoms with Crippen LogP contribution in [0, 0.1) is 6.92 Å². The van der Waals surface area contributed by atoms with Crippen molar-refractivity contribution in [2.24, 2.45) is 0 Å². The van der Waals surface area contributed by atoms with Gasteiger partial charge in [-0.25, -0.2) is 0 Å². The number of hydrogen-bond acceptors (Lipinski definition) is 3. The molecule has 1 saturated heterocycles. The summed E-state index contributed by atoms with van der Waals surface area (Å²) in [7, 11) is 0. The van der Waals surface area contributed by atoms with Crippen molar-refractivity contribution in [2.45, 2.75) is 45.1 Å². The van der Waals surface area contributed by atoms with Crippen LogP contribution in [0.15, 0.2) is 10.6 Å². The fourth-order valence-electron chi connectivity index (χ4n) is 2.12. The van der Waals surface area contributed by atoms with Crippen molar-refractivity contribution in [3.8, 4) is 0 Å². The lowest BCUT2D eigenvalue weighted by Gasteiger charge is -2.13. The lowest BCUT2D eigenvalue weighted by molar-refractivity contribution is 0.381. The molecule has 2 rings (SSSR count). The highest BCUT2D eigenvalue weighted by Crippen LogP contribution is 2.23. The van der Waals surface area contributed by atoms with Crippen LogP contribution in [0.25, 0.3) is 0 Å². The Morgan fingerprint density at radius 2 is 2.57 bits per heavy atom. The van der Waals surface area contributed by atoms with Gasteiger partial charge in [0, 0.05) is 18.0 Å². The van der Waals surface area contributed by atoms with Gasteiger partial charge in [0.15, 0.2) is 0 Å². The second-order valence-corrected chi connectivity index (χ2v) is 4.29. The lowest BCUT2D eigenvalue weighted by atomic mass is 9.97. The summed E-state index contributed by atoms with van der Waals surface area (Å²) in [6, 6.07) is 2.72. The molecule has 2 heterocycles. The Bertz CT molecular complexity index is 289. The third-order valence-electron chi connectivity index (χ3n) is 2.95. The molecule has 14 heavy (non-hydrogen) atoms. The Kier molecular flexibility index (Phi) is 2.87. The molecule has 0 spiro atoms. The molecule has 1 aliphatic heterocycles. The smallest absolute Gasteiger partial charge is 0.133 e. The SMILES string of the molecule is Cc1cc(C(C)CC2CCCN2)no1. The van der Waals surface area contributed by atoms with E-state index >= 15 is 0 Å². The largest absolute Gasteiger partial charge is 0.361 e.